The van der Waals surface area contributed by atoms with Crippen LogP contribution in [0.15, 0.2) is 0 Å². The van der Waals surface area contributed by atoms with E-state index < -0.39 is 18.1 Å². The van der Waals surface area contributed by atoms with Gasteiger partial charge in [-0.15, -0.1) is 0 Å². The molecular formula is C8H15NO4. The van der Waals surface area contributed by atoms with Crippen LogP contribution in [0.4, 0.5) is 4.79 Å². The molecule has 0 aromatic heterocycles. The van der Waals surface area contributed by atoms with E-state index in [1.54, 1.807) is 0 Å². The third-order valence-electron chi connectivity index (χ3n) is 1.48. The maximum absolute atomic E-state index is 10.7. The Kier molecular flexibility index (Phi) is 4.87. The van der Waals surface area contributed by atoms with Gasteiger partial charge in [-0.25, -0.2) is 9.59 Å². The number of alkyl carbamates (subject to hydrolysis) is 1. The Labute approximate surface area is 77.1 Å². The van der Waals surface area contributed by atoms with Crippen molar-refractivity contribution in [1.82, 2.24) is 5.32 Å². The van der Waals surface area contributed by atoms with Crippen molar-refractivity contribution >= 4 is 12.1 Å². The molecule has 13 heavy (non-hydrogen) atoms. The smallest absolute Gasteiger partial charge is 0.407 e. The van der Waals surface area contributed by atoms with E-state index in [-0.39, 0.29) is 5.92 Å². The number of carboxylic acids is 1. The van der Waals surface area contributed by atoms with E-state index in [0.717, 1.165) is 0 Å². The third kappa shape index (κ3) is 5.05. The molecule has 0 fully saturated rings. The van der Waals surface area contributed by atoms with E-state index in [1.165, 1.54) is 7.11 Å². The van der Waals surface area contributed by atoms with E-state index in [9.17, 15) is 9.59 Å². The molecule has 0 aromatic rings. The van der Waals surface area contributed by atoms with Crippen LogP contribution in [-0.4, -0.2) is 30.3 Å². The molecule has 0 saturated carbocycles. The van der Waals surface area contributed by atoms with Gasteiger partial charge in [0.2, 0.25) is 0 Å². The van der Waals surface area contributed by atoms with Crippen LogP contribution < -0.4 is 5.32 Å². The molecule has 0 rings (SSSR count). The summed E-state index contributed by atoms with van der Waals surface area (Å²) in [6, 6.07) is -0.868. The van der Waals surface area contributed by atoms with Crippen LogP contribution in [0.3, 0.4) is 0 Å². The first-order chi connectivity index (χ1) is 5.97. The van der Waals surface area contributed by atoms with Gasteiger partial charge in [-0.1, -0.05) is 13.8 Å². The molecule has 76 valence electrons. The molecule has 1 atom stereocenters. The van der Waals surface area contributed by atoms with Crippen molar-refractivity contribution in [3.05, 3.63) is 0 Å². The summed E-state index contributed by atoms with van der Waals surface area (Å²) in [5.41, 5.74) is 0. The monoisotopic (exact) mass is 189 g/mol. The molecule has 1 amide bonds. The van der Waals surface area contributed by atoms with Gasteiger partial charge in [0.15, 0.2) is 0 Å². The number of hydrogen-bond acceptors (Lipinski definition) is 3. The lowest BCUT2D eigenvalue weighted by Gasteiger charge is -2.15. The molecule has 0 radical (unpaired) electrons. The number of carbonyl (C=O) groups excluding carboxylic acids is 1. The number of methoxy groups -OCH3 is 1. The Balaban J connectivity index is 4.10. The van der Waals surface area contributed by atoms with Crippen LogP contribution in [-0.2, 0) is 9.53 Å². The molecule has 1 unspecified atom stereocenters. The Bertz CT molecular complexity index is 191. The highest BCUT2D eigenvalue weighted by Crippen LogP contribution is 2.04. The SMILES string of the molecule is COC(=O)NC(CC(C)C)C(=O)O. The van der Waals surface area contributed by atoms with Crippen molar-refractivity contribution in [2.24, 2.45) is 5.92 Å². The van der Waals surface area contributed by atoms with E-state index >= 15 is 0 Å². The molecule has 2 N–H and O–H groups in total. The fourth-order valence-electron chi connectivity index (χ4n) is 0.894. The highest BCUT2D eigenvalue weighted by molar-refractivity contribution is 5.79. The number of carboxylic acid groups (broad SMARTS) is 1. The molecule has 0 aromatic carbocycles. The molecule has 0 spiro atoms. The van der Waals surface area contributed by atoms with Crippen LogP contribution in [0.5, 0.6) is 0 Å². The quantitative estimate of drug-likeness (QED) is 0.687. The molecular weight excluding hydrogens is 174 g/mol. The third-order valence-corrected chi connectivity index (χ3v) is 1.48. The van der Waals surface area contributed by atoms with Crippen molar-refractivity contribution in [3.63, 3.8) is 0 Å². The molecule has 5 nitrogen and oxygen atoms in total. The lowest BCUT2D eigenvalue weighted by atomic mass is 10.0. The minimum Gasteiger partial charge on any atom is -0.480 e. The molecule has 0 heterocycles. The predicted octanol–water partition coefficient (Wildman–Crippen LogP) is 0.842. The molecule has 0 aliphatic rings. The second kappa shape index (κ2) is 5.40. The Morgan fingerprint density at radius 1 is 1.46 bits per heavy atom. The zero-order valence-corrected chi connectivity index (χ0v) is 8.03. The average molecular weight is 189 g/mol. The molecule has 0 aliphatic carbocycles. The minimum absolute atomic E-state index is 0.207. The highest BCUT2D eigenvalue weighted by atomic mass is 16.5. The van der Waals surface area contributed by atoms with E-state index in [4.69, 9.17) is 5.11 Å². The summed E-state index contributed by atoms with van der Waals surface area (Å²) < 4.78 is 4.30. The number of hydrogen-bond donors (Lipinski definition) is 2. The van der Waals surface area contributed by atoms with Gasteiger partial charge in [-0.05, 0) is 12.3 Å². The first-order valence-corrected chi connectivity index (χ1v) is 4.04. The summed E-state index contributed by atoms with van der Waals surface area (Å²) in [6.07, 6.45) is -0.321. The van der Waals surface area contributed by atoms with Gasteiger partial charge in [-0.3, -0.25) is 0 Å². The van der Waals surface area contributed by atoms with Crippen LogP contribution in [0, 0.1) is 5.92 Å². The van der Waals surface area contributed by atoms with E-state index in [1.807, 2.05) is 13.8 Å². The predicted molar refractivity (Wildman–Crippen MR) is 46.4 cm³/mol. The van der Waals surface area contributed by atoms with Crippen LogP contribution in [0.2, 0.25) is 0 Å². The summed E-state index contributed by atoms with van der Waals surface area (Å²) in [6.45, 7) is 3.77. The van der Waals surface area contributed by atoms with Crippen LogP contribution in [0.1, 0.15) is 20.3 Å². The van der Waals surface area contributed by atoms with Gasteiger partial charge in [0.05, 0.1) is 7.11 Å². The minimum atomic E-state index is -1.04. The fraction of sp³-hybridized carbons (Fsp3) is 0.750. The topological polar surface area (TPSA) is 75.6 Å². The first-order valence-electron chi connectivity index (χ1n) is 4.04. The summed E-state index contributed by atoms with van der Waals surface area (Å²) >= 11 is 0. The lowest BCUT2D eigenvalue weighted by Crippen LogP contribution is -2.41. The van der Waals surface area contributed by atoms with Gasteiger partial charge in [0, 0.05) is 0 Å². The number of nitrogens with one attached hydrogen (secondary N) is 1. The number of carbonyl (C=O) groups is 2. The number of amides is 1. The van der Waals surface area contributed by atoms with Crippen molar-refractivity contribution < 1.29 is 19.4 Å². The fourth-order valence-corrected chi connectivity index (χ4v) is 0.894. The lowest BCUT2D eigenvalue weighted by molar-refractivity contribution is -0.139. The van der Waals surface area contributed by atoms with Gasteiger partial charge < -0.3 is 15.2 Å². The van der Waals surface area contributed by atoms with Crippen molar-refractivity contribution in [1.29, 1.82) is 0 Å². The Hall–Kier alpha value is -1.26. The van der Waals surface area contributed by atoms with Crippen LogP contribution in [0.25, 0.3) is 0 Å². The van der Waals surface area contributed by atoms with Gasteiger partial charge >= 0.3 is 12.1 Å². The maximum atomic E-state index is 10.7. The van der Waals surface area contributed by atoms with Gasteiger partial charge in [0.1, 0.15) is 6.04 Å². The number of ether oxygens (including phenoxy) is 1. The second-order valence-corrected chi connectivity index (χ2v) is 3.16. The zero-order valence-electron chi connectivity index (χ0n) is 8.03. The Morgan fingerprint density at radius 2 is 2.00 bits per heavy atom. The second-order valence-electron chi connectivity index (χ2n) is 3.16. The molecule has 5 heteroatoms. The largest absolute Gasteiger partial charge is 0.480 e. The first kappa shape index (κ1) is 11.7. The van der Waals surface area contributed by atoms with E-state index in [0.29, 0.717) is 6.42 Å². The Morgan fingerprint density at radius 3 is 2.31 bits per heavy atom. The summed E-state index contributed by atoms with van der Waals surface area (Å²) in [5.74, 6) is -0.836. The standard InChI is InChI=1S/C8H15NO4/c1-5(2)4-6(7(10)11)9-8(12)13-3/h5-6H,4H2,1-3H3,(H,9,12)(H,10,11). The highest BCUT2D eigenvalue weighted by Gasteiger charge is 2.20. The number of aliphatic carboxylic acids is 1. The normalized spacial score (nSPS) is 12.3. The van der Waals surface area contributed by atoms with Gasteiger partial charge in [0.25, 0.3) is 0 Å². The van der Waals surface area contributed by atoms with Crippen molar-refractivity contribution in [2.75, 3.05) is 7.11 Å². The van der Waals surface area contributed by atoms with Crippen LogP contribution >= 0.6 is 0 Å². The average Bonchev–Trinajstić information content (AvgIpc) is 2.02. The van der Waals surface area contributed by atoms with E-state index in [2.05, 4.69) is 10.1 Å². The molecule has 0 bridgehead atoms. The zero-order chi connectivity index (χ0) is 10.4. The number of rotatable bonds is 4. The van der Waals surface area contributed by atoms with Crippen molar-refractivity contribution in [2.45, 2.75) is 26.3 Å². The summed E-state index contributed by atoms with van der Waals surface area (Å²) in [7, 11) is 1.20. The van der Waals surface area contributed by atoms with Gasteiger partial charge in [-0.2, -0.15) is 0 Å². The summed E-state index contributed by atoms with van der Waals surface area (Å²) in [4.78, 5) is 21.3. The molecule has 0 aliphatic heterocycles. The summed E-state index contributed by atoms with van der Waals surface area (Å²) in [5, 5.41) is 10.9. The maximum Gasteiger partial charge on any atom is 0.407 e. The molecule has 0 saturated heterocycles. The van der Waals surface area contributed by atoms with Crippen molar-refractivity contribution in [3.8, 4) is 0 Å².